The lowest BCUT2D eigenvalue weighted by atomic mass is 9.95. The minimum atomic E-state index is -0.346. The molecule has 1 unspecified atom stereocenters. The molecule has 0 aliphatic heterocycles. The molecule has 1 amide bonds. The van der Waals surface area contributed by atoms with E-state index in [0.717, 1.165) is 36.9 Å². The monoisotopic (exact) mass is 433 g/mol. The van der Waals surface area contributed by atoms with E-state index in [0.29, 0.717) is 0 Å². The molecule has 3 aromatic rings. The highest BCUT2D eigenvalue weighted by molar-refractivity contribution is 9.09. The summed E-state index contributed by atoms with van der Waals surface area (Å²) in [6.45, 7) is 0. The van der Waals surface area contributed by atoms with Crippen LogP contribution in [0.15, 0.2) is 72.8 Å². The van der Waals surface area contributed by atoms with Crippen molar-refractivity contribution in [2.75, 3.05) is 11.9 Å². The maximum absolute atomic E-state index is 13.2. The van der Waals surface area contributed by atoms with Gasteiger partial charge in [-0.25, -0.2) is 0 Å². The second kappa shape index (κ2) is 8.32. The molecule has 0 saturated heterocycles. The van der Waals surface area contributed by atoms with Gasteiger partial charge in [0.2, 0.25) is 5.91 Å². The van der Waals surface area contributed by atoms with Gasteiger partial charge in [-0.15, -0.1) is 0 Å². The number of carbonyl (C=O) groups excluding carboxylic acids is 1. The lowest BCUT2D eigenvalue weighted by molar-refractivity contribution is -0.117. The highest BCUT2D eigenvalue weighted by Gasteiger charge is 2.23. The molecule has 3 heteroatoms. The predicted molar refractivity (Wildman–Crippen MR) is 119 cm³/mol. The fraction of sp³-hybridized carbons (Fsp3) is 0.240. The normalized spacial score (nSPS) is 14.2. The summed E-state index contributed by atoms with van der Waals surface area (Å²) in [5.41, 5.74) is 7.20. The van der Waals surface area contributed by atoms with E-state index in [1.165, 1.54) is 22.3 Å². The van der Waals surface area contributed by atoms with Crippen LogP contribution < -0.4 is 4.90 Å². The number of anilines is 1. The molecule has 4 aliphatic carbocycles. The molecule has 0 N–H and O–H groups in total. The Labute approximate surface area is 175 Å². The zero-order valence-electron chi connectivity index (χ0n) is 16.1. The van der Waals surface area contributed by atoms with Gasteiger partial charge in [-0.05, 0) is 59.6 Å². The van der Waals surface area contributed by atoms with E-state index in [2.05, 4.69) is 58.4 Å². The number of amides is 1. The van der Waals surface area contributed by atoms with Gasteiger partial charge >= 0.3 is 0 Å². The van der Waals surface area contributed by atoms with Gasteiger partial charge < -0.3 is 4.90 Å². The summed E-state index contributed by atoms with van der Waals surface area (Å²) < 4.78 is 0. The second-order valence-electron chi connectivity index (χ2n) is 7.45. The number of halogens is 1. The van der Waals surface area contributed by atoms with Crippen LogP contribution in [0.2, 0.25) is 0 Å². The van der Waals surface area contributed by atoms with E-state index in [1.807, 2.05) is 42.3 Å². The average Bonchev–Trinajstić information content (AvgIpc) is 2.74. The first-order chi connectivity index (χ1) is 13.6. The minimum Gasteiger partial charge on any atom is -0.314 e. The highest BCUT2D eigenvalue weighted by Crippen LogP contribution is 2.30. The molecule has 1 atom stereocenters. The Balaban J connectivity index is 1.64. The van der Waals surface area contributed by atoms with Crippen molar-refractivity contribution >= 4 is 27.5 Å². The van der Waals surface area contributed by atoms with E-state index < -0.39 is 0 Å². The molecule has 28 heavy (non-hydrogen) atoms. The summed E-state index contributed by atoms with van der Waals surface area (Å²) in [6, 6.07) is 25.4. The van der Waals surface area contributed by atoms with Crippen LogP contribution in [0.25, 0.3) is 0 Å². The smallest absolute Gasteiger partial charge is 0.245 e. The Kier molecular flexibility index (Phi) is 5.63. The van der Waals surface area contributed by atoms with E-state index in [1.54, 1.807) is 0 Å². The van der Waals surface area contributed by atoms with Crippen LogP contribution in [0.5, 0.6) is 0 Å². The number of hydrogen-bond donors (Lipinski definition) is 0. The zero-order valence-corrected chi connectivity index (χ0v) is 17.7. The molecule has 4 aliphatic rings. The van der Waals surface area contributed by atoms with Gasteiger partial charge in [-0.1, -0.05) is 82.7 Å². The maximum atomic E-state index is 13.2. The number of likely N-dealkylation sites (N-methyl/N-ethyl adjacent to an activating group) is 1. The molecule has 0 radical (unpaired) electrons. The van der Waals surface area contributed by atoms with Crippen molar-refractivity contribution in [2.45, 2.75) is 30.5 Å². The molecule has 0 heterocycles. The molecule has 0 fully saturated rings. The first kappa shape index (κ1) is 18.9. The largest absolute Gasteiger partial charge is 0.314 e. The number of alkyl halides is 1. The van der Waals surface area contributed by atoms with Gasteiger partial charge in [0, 0.05) is 12.7 Å². The Morgan fingerprint density at radius 3 is 2.07 bits per heavy atom. The fourth-order valence-corrected chi connectivity index (χ4v) is 4.39. The van der Waals surface area contributed by atoms with Crippen LogP contribution in [0.3, 0.4) is 0 Å². The summed E-state index contributed by atoms with van der Waals surface area (Å²) in [7, 11) is 1.89. The Morgan fingerprint density at radius 1 is 0.821 bits per heavy atom. The molecule has 0 saturated carbocycles. The predicted octanol–water partition coefficient (Wildman–Crippen LogP) is 5.67. The number of nitrogens with zero attached hydrogens (tertiary/aromatic N) is 1. The summed E-state index contributed by atoms with van der Waals surface area (Å²) in [5.74, 6) is 0.0556. The summed E-state index contributed by atoms with van der Waals surface area (Å²) in [5, 5.41) is 0. The van der Waals surface area contributed by atoms with Gasteiger partial charge in [-0.3, -0.25) is 4.79 Å². The third kappa shape index (κ3) is 4.05. The summed E-state index contributed by atoms with van der Waals surface area (Å²) in [4.78, 5) is 14.7. The van der Waals surface area contributed by atoms with Crippen molar-refractivity contribution in [1.82, 2.24) is 0 Å². The maximum Gasteiger partial charge on any atom is 0.245 e. The lowest BCUT2D eigenvalue weighted by Gasteiger charge is -2.25. The molecule has 7 rings (SSSR count). The van der Waals surface area contributed by atoms with Gasteiger partial charge in [0.1, 0.15) is 4.83 Å². The van der Waals surface area contributed by atoms with Crippen LogP contribution >= 0.6 is 15.9 Å². The van der Waals surface area contributed by atoms with E-state index in [-0.39, 0.29) is 10.7 Å². The van der Waals surface area contributed by atoms with Crippen molar-refractivity contribution in [1.29, 1.82) is 0 Å². The van der Waals surface area contributed by atoms with Crippen molar-refractivity contribution in [3.63, 3.8) is 0 Å². The standard InChI is InChI=1S/C25H24BrNO/c1-27(25(28)24(26)22-5-3-2-4-6-22)23-17-20-12-11-18-7-9-19(10-8-18)13-15-21(23)16-14-20/h2-10,14,16-17,24H,11-13,15H2,1H3. The molecular weight excluding hydrogens is 410 g/mol. The molecule has 3 aromatic carbocycles. The average molecular weight is 434 g/mol. The molecule has 4 bridgehead atoms. The van der Waals surface area contributed by atoms with Crippen molar-refractivity contribution in [3.8, 4) is 0 Å². The topological polar surface area (TPSA) is 20.3 Å². The Morgan fingerprint density at radius 2 is 1.39 bits per heavy atom. The van der Waals surface area contributed by atoms with Crippen LogP contribution in [0.4, 0.5) is 5.69 Å². The first-order valence-electron chi connectivity index (χ1n) is 9.78. The SMILES string of the molecule is CN(C(=O)C(Br)c1ccccc1)c1cc2ccc1CCc1ccc(cc1)CC2. The van der Waals surface area contributed by atoms with Crippen molar-refractivity contribution in [2.24, 2.45) is 0 Å². The first-order valence-corrected chi connectivity index (χ1v) is 10.7. The van der Waals surface area contributed by atoms with Crippen LogP contribution in [-0.4, -0.2) is 13.0 Å². The van der Waals surface area contributed by atoms with Gasteiger partial charge in [0.25, 0.3) is 0 Å². The number of benzene rings is 3. The van der Waals surface area contributed by atoms with Crippen LogP contribution in [0, 0.1) is 0 Å². The zero-order chi connectivity index (χ0) is 19.5. The fourth-order valence-electron chi connectivity index (χ4n) is 3.78. The van der Waals surface area contributed by atoms with Crippen LogP contribution in [-0.2, 0) is 30.5 Å². The van der Waals surface area contributed by atoms with E-state index in [4.69, 9.17) is 0 Å². The second-order valence-corrected chi connectivity index (χ2v) is 8.37. The Hall–Kier alpha value is -2.39. The number of hydrogen-bond acceptors (Lipinski definition) is 1. The Bertz CT molecular complexity index is 966. The number of rotatable bonds is 3. The molecule has 0 aromatic heterocycles. The number of carbonyl (C=O) groups is 1. The van der Waals surface area contributed by atoms with Crippen molar-refractivity contribution in [3.05, 3.63) is 101 Å². The van der Waals surface area contributed by atoms with Gasteiger partial charge in [0.15, 0.2) is 0 Å². The molecule has 142 valence electrons. The molecular formula is C25H24BrNO. The lowest BCUT2D eigenvalue weighted by Crippen LogP contribution is -2.30. The minimum absolute atomic E-state index is 0.0556. The summed E-state index contributed by atoms with van der Waals surface area (Å²) >= 11 is 3.61. The van der Waals surface area contributed by atoms with Crippen LogP contribution in [0.1, 0.15) is 32.6 Å². The van der Waals surface area contributed by atoms with E-state index >= 15 is 0 Å². The van der Waals surface area contributed by atoms with Gasteiger partial charge in [0.05, 0.1) is 0 Å². The molecule has 2 nitrogen and oxygen atoms in total. The quantitative estimate of drug-likeness (QED) is 0.487. The number of aryl methyl sites for hydroxylation is 4. The van der Waals surface area contributed by atoms with Gasteiger partial charge in [-0.2, -0.15) is 0 Å². The highest BCUT2D eigenvalue weighted by atomic mass is 79.9. The molecule has 0 spiro atoms. The van der Waals surface area contributed by atoms with Crippen molar-refractivity contribution < 1.29 is 4.79 Å². The van der Waals surface area contributed by atoms with E-state index in [9.17, 15) is 4.79 Å². The summed E-state index contributed by atoms with van der Waals surface area (Å²) in [6.07, 6.45) is 3.89. The third-order valence-corrected chi connectivity index (χ3v) is 6.48. The third-order valence-electron chi connectivity index (χ3n) is 5.56.